The van der Waals surface area contributed by atoms with Crippen LogP contribution in [0.5, 0.6) is 0 Å². The SMILES string of the molecule is CCC(=O)Nc1ccc(NCc2cc(Cl)ccc2Br)cc1. The van der Waals surface area contributed by atoms with Gasteiger partial charge in [-0.1, -0.05) is 34.5 Å². The maximum absolute atomic E-state index is 11.3. The summed E-state index contributed by atoms with van der Waals surface area (Å²) in [6.07, 6.45) is 0.475. The Balaban J connectivity index is 1.97. The van der Waals surface area contributed by atoms with Gasteiger partial charge in [-0.15, -0.1) is 0 Å². The molecular weight excluding hydrogens is 352 g/mol. The van der Waals surface area contributed by atoms with Crippen molar-refractivity contribution in [3.63, 3.8) is 0 Å². The summed E-state index contributed by atoms with van der Waals surface area (Å²) in [4.78, 5) is 11.3. The Morgan fingerprint density at radius 2 is 1.81 bits per heavy atom. The third-order valence-electron chi connectivity index (χ3n) is 2.98. The molecule has 0 unspecified atom stereocenters. The number of carbonyl (C=O) groups is 1. The lowest BCUT2D eigenvalue weighted by Gasteiger charge is -2.10. The van der Waals surface area contributed by atoms with Gasteiger partial charge in [0.2, 0.25) is 5.91 Å². The fourth-order valence-electron chi connectivity index (χ4n) is 1.80. The summed E-state index contributed by atoms with van der Waals surface area (Å²) in [5, 5.41) is 6.86. The van der Waals surface area contributed by atoms with Crippen molar-refractivity contribution in [2.75, 3.05) is 10.6 Å². The molecule has 0 heterocycles. The van der Waals surface area contributed by atoms with E-state index in [9.17, 15) is 4.79 Å². The molecule has 2 aromatic carbocycles. The largest absolute Gasteiger partial charge is 0.381 e. The minimum Gasteiger partial charge on any atom is -0.381 e. The molecule has 0 aliphatic carbocycles. The van der Waals surface area contributed by atoms with Gasteiger partial charge in [0.25, 0.3) is 0 Å². The average Bonchev–Trinajstić information content (AvgIpc) is 2.49. The van der Waals surface area contributed by atoms with Crippen molar-refractivity contribution in [3.05, 3.63) is 57.5 Å². The van der Waals surface area contributed by atoms with Gasteiger partial charge in [-0.3, -0.25) is 4.79 Å². The van der Waals surface area contributed by atoms with Crippen molar-refractivity contribution >= 4 is 44.8 Å². The average molecular weight is 368 g/mol. The highest BCUT2D eigenvalue weighted by Gasteiger charge is 2.02. The zero-order chi connectivity index (χ0) is 15.2. The molecule has 0 fully saturated rings. The van der Waals surface area contributed by atoms with Crippen LogP contribution in [0.3, 0.4) is 0 Å². The van der Waals surface area contributed by atoms with E-state index in [1.165, 1.54) is 0 Å². The number of benzene rings is 2. The smallest absolute Gasteiger partial charge is 0.224 e. The molecule has 0 saturated carbocycles. The second-order valence-corrected chi connectivity index (χ2v) is 5.86. The van der Waals surface area contributed by atoms with E-state index in [-0.39, 0.29) is 5.91 Å². The molecule has 1 amide bonds. The van der Waals surface area contributed by atoms with Crippen LogP contribution in [-0.4, -0.2) is 5.91 Å². The Labute approximate surface area is 137 Å². The van der Waals surface area contributed by atoms with Crippen molar-refractivity contribution in [2.45, 2.75) is 19.9 Å². The van der Waals surface area contributed by atoms with Crippen LogP contribution in [0.1, 0.15) is 18.9 Å². The molecule has 0 radical (unpaired) electrons. The minimum absolute atomic E-state index is 0.0126. The van der Waals surface area contributed by atoms with Crippen LogP contribution in [0.25, 0.3) is 0 Å². The second kappa shape index (κ2) is 7.48. The summed E-state index contributed by atoms with van der Waals surface area (Å²) in [5.74, 6) is 0.0126. The van der Waals surface area contributed by atoms with Gasteiger partial charge in [-0.25, -0.2) is 0 Å². The van der Waals surface area contributed by atoms with Gasteiger partial charge in [0.1, 0.15) is 0 Å². The minimum atomic E-state index is 0.0126. The molecule has 21 heavy (non-hydrogen) atoms. The maximum atomic E-state index is 11.3. The predicted octanol–water partition coefficient (Wildman–Crippen LogP) is 5.06. The molecule has 5 heteroatoms. The van der Waals surface area contributed by atoms with E-state index in [2.05, 4.69) is 26.6 Å². The number of anilines is 2. The van der Waals surface area contributed by atoms with Crippen LogP contribution in [0.2, 0.25) is 5.02 Å². The number of nitrogens with one attached hydrogen (secondary N) is 2. The van der Waals surface area contributed by atoms with E-state index in [1.807, 2.05) is 49.4 Å². The monoisotopic (exact) mass is 366 g/mol. The van der Waals surface area contributed by atoms with Gasteiger partial charge in [-0.05, 0) is 48.0 Å². The van der Waals surface area contributed by atoms with E-state index in [1.54, 1.807) is 0 Å². The van der Waals surface area contributed by atoms with Gasteiger partial charge in [-0.2, -0.15) is 0 Å². The Morgan fingerprint density at radius 1 is 1.14 bits per heavy atom. The van der Waals surface area contributed by atoms with E-state index in [0.29, 0.717) is 18.0 Å². The molecule has 0 aliphatic rings. The van der Waals surface area contributed by atoms with Crippen LogP contribution in [-0.2, 0) is 11.3 Å². The molecule has 3 nitrogen and oxygen atoms in total. The first-order valence-corrected chi connectivity index (χ1v) is 7.83. The van der Waals surface area contributed by atoms with E-state index in [0.717, 1.165) is 21.4 Å². The number of hydrogen-bond acceptors (Lipinski definition) is 2. The highest BCUT2D eigenvalue weighted by molar-refractivity contribution is 9.10. The molecule has 0 spiro atoms. The fourth-order valence-corrected chi connectivity index (χ4v) is 2.38. The third kappa shape index (κ3) is 4.76. The van der Waals surface area contributed by atoms with Crippen LogP contribution >= 0.6 is 27.5 Å². The normalized spacial score (nSPS) is 10.2. The van der Waals surface area contributed by atoms with Crippen molar-refractivity contribution in [2.24, 2.45) is 0 Å². The van der Waals surface area contributed by atoms with Crippen LogP contribution in [0.15, 0.2) is 46.9 Å². The topological polar surface area (TPSA) is 41.1 Å². The number of hydrogen-bond donors (Lipinski definition) is 2. The van der Waals surface area contributed by atoms with Crippen LogP contribution in [0.4, 0.5) is 11.4 Å². The van der Waals surface area contributed by atoms with Gasteiger partial charge in [0, 0.05) is 33.8 Å². The Kier molecular flexibility index (Phi) is 5.65. The standard InChI is InChI=1S/C16H16BrClN2O/c1-2-16(21)20-14-6-4-13(5-7-14)19-10-11-9-12(18)3-8-15(11)17/h3-9,19H,2,10H2,1H3,(H,20,21). The number of rotatable bonds is 5. The van der Waals surface area contributed by atoms with Gasteiger partial charge in [0.15, 0.2) is 0 Å². The molecule has 0 bridgehead atoms. The number of halogens is 2. The second-order valence-electron chi connectivity index (χ2n) is 4.57. The quantitative estimate of drug-likeness (QED) is 0.775. The summed E-state index contributed by atoms with van der Waals surface area (Å²) in [6, 6.07) is 13.3. The summed E-state index contributed by atoms with van der Waals surface area (Å²) in [5.41, 5.74) is 2.87. The van der Waals surface area contributed by atoms with Gasteiger partial charge >= 0.3 is 0 Å². The Hall–Kier alpha value is -1.52. The van der Waals surface area contributed by atoms with E-state index < -0.39 is 0 Å². The van der Waals surface area contributed by atoms with Crippen molar-refractivity contribution in [1.82, 2.24) is 0 Å². The molecule has 0 aliphatic heterocycles. The van der Waals surface area contributed by atoms with Gasteiger partial charge < -0.3 is 10.6 Å². The summed E-state index contributed by atoms with van der Waals surface area (Å²) >= 11 is 9.50. The summed E-state index contributed by atoms with van der Waals surface area (Å²) in [6.45, 7) is 2.50. The molecule has 2 aromatic rings. The number of amides is 1. The number of carbonyl (C=O) groups excluding carboxylic acids is 1. The Bertz CT molecular complexity index is 629. The molecule has 2 N–H and O–H groups in total. The zero-order valence-corrected chi connectivity index (χ0v) is 14.0. The maximum Gasteiger partial charge on any atom is 0.224 e. The first-order chi connectivity index (χ1) is 10.1. The van der Waals surface area contributed by atoms with Gasteiger partial charge in [0.05, 0.1) is 0 Å². The van der Waals surface area contributed by atoms with Crippen molar-refractivity contribution in [1.29, 1.82) is 0 Å². The van der Waals surface area contributed by atoms with E-state index >= 15 is 0 Å². The lowest BCUT2D eigenvalue weighted by Crippen LogP contribution is -2.09. The summed E-state index contributed by atoms with van der Waals surface area (Å²) in [7, 11) is 0. The van der Waals surface area contributed by atoms with E-state index in [4.69, 9.17) is 11.6 Å². The zero-order valence-electron chi connectivity index (χ0n) is 11.6. The Morgan fingerprint density at radius 3 is 2.48 bits per heavy atom. The predicted molar refractivity (Wildman–Crippen MR) is 91.8 cm³/mol. The molecule has 2 rings (SSSR count). The molecule has 110 valence electrons. The molecule has 0 atom stereocenters. The highest BCUT2D eigenvalue weighted by atomic mass is 79.9. The van der Waals surface area contributed by atoms with Crippen LogP contribution < -0.4 is 10.6 Å². The first-order valence-electron chi connectivity index (χ1n) is 6.66. The molecule has 0 saturated heterocycles. The fraction of sp³-hybridized carbons (Fsp3) is 0.188. The lowest BCUT2D eigenvalue weighted by atomic mass is 10.2. The molecular formula is C16H16BrClN2O. The highest BCUT2D eigenvalue weighted by Crippen LogP contribution is 2.22. The molecule has 0 aromatic heterocycles. The summed E-state index contributed by atoms with van der Waals surface area (Å²) < 4.78 is 1.02. The van der Waals surface area contributed by atoms with Crippen molar-refractivity contribution in [3.8, 4) is 0 Å². The third-order valence-corrected chi connectivity index (χ3v) is 3.99. The lowest BCUT2D eigenvalue weighted by molar-refractivity contribution is -0.115. The van der Waals surface area contributed by atoms with Crippen LogP contribution in [0, 0.1) is 0 Å². The first kappa shape index (κ1) is 15.9. The van der Waals surface area contributed by atoms with Crippen molar-refractivity contribution < 1.29 is 4.79 Å².